The predicted octanol–water partition coefficient (Wildman–Crippen LogP) is 3.59. The Morgan fingerprint density at radius 2 is 1.66 bits per heavy atom. The molecular weight excluding hydrogens is 371 g/mol. The van der Waals surface area contributed by atoms with Crippen molar-refractivity contribution in [2.24, 2.45) is 0 Å². The number of likely N-dealkylation sites (tertiary alicyclic amines) is 1. The number of hydrogen-bond donors (Lipinski definition) is 1. The lowest BCUT2D eigenvalue weighted by Gasteiger charge is -2.28. The summed E-state index contributed by atoms with van der Waals surface area (Å²) in [5, 5.41) is 10.9. The maximum atomic E-state index is 14.7. The molecule has 1 N–H and O–H groups in total. The van der Waals surface area contributed by atoms with Gasteiger partial charge in [0.05, 0.1) is 11.6 Å². The van der Waals surface area contributed by atoms with Crippen LogP contribution in [0.1, 0.15) is 31.0 Å². The summed E-state index contributed by atoms with van der Waals surface area (Å²) in [5.41, 5.74) is 0.533. The first kappa shape index (κ1) is 20.7. The third kappa shape index (κ3) is 4.07. The van der Waals surface area contributed by atoms with Crippen molar-refractivity contribution in [3.05, 3.63) is 77.1 Å². The molecule has 1 atom stereocenters. The van der Waals surface area contributed by atoms with E-state index in [1.54, 1.807) is 48.5 Å². The van der Waals surface area contributed by atoms with E-state index in [0.717, 1.165) is 13.1 Å². The fourth-order valence-electron chi connectivity index (χ4n) is 3.67. The van der Waals surface area contributed by atoms with E-state index in [9.17, 15) is 19.1 Å². The first-order chi connectivity index (χ1) is 14.0. The topological polar surface area (TPSA) is 60.9 Å². The van der Waals surface area contributed by atoms with Crippen LogP contribution in [0.25, 0.3) is 5.76 Å². The van der Waals surface area contributed by atoms with Crippen LogP contribution in [0.15, 0.2) is 60.2 Å². The van der Waals surface area contributed by atoms with Crippen molar-refractivity contribution >= 4 is 17.4 Å². The monoisotopic (exact) mass is 396 g/mol. The van der Waals surface area contributed by atoms with Crippen LogP contribution >= 0.6 is 0 Å². The smallest absolute Gasteiger partial charge is 0.295 e. The Morgan fingerprint density at radius 1 is 1.03 bits per heavy atom. The van der Waals surface area contributed by atoms with Crippen LogP contribution < -0.4 is 0 Å². The molecule has 0 aromatic heterocycles. The van der Waals surface area contributed by atoms with E-state index in [-0.39, 0.29) is 23.4 Å². The van der Waals surface area contributed by atoms with Crippen molar-refractivity contribution in [3.8, 4) is 0 Å². The molecule has 152 valence electrons. The van der Waals surface area contributed by atoms with Gasteiger partial charge < -0.3 is 14.9 Å². The molecule has 0 radical (unpaired) electrons. The number of benzene rings is 2. The molecule has 0 saturated carbocycles. The Balaban J connectivity index is 2.11. The summed E-state index contributed by atoms with van der Waals surface area (Å²) in [6.07, 6.45) is 0. The van der Waals surface area contributed by atoms with Gasteiger partial charge in [-0.05, 0) is 19.2 Å². The lowest BCUT2D eigenvalue weighted by atomic mass is 9.95. The minimum absolute atomic E-state index is 0.0779. The molecule has 0 spiro atoms. The van der Waals surface area contributed by atoms with Crippen molar-refractivity contribution in [1.82, 2.24) is 9.80 Å². The molecule has 1 heterocycles. The van der Waals surface area contributed by atoms with Gasteiger partial charge in [0.1, 0.15) is 11.6 Å². The number of halogens is 1. The van der Waals surface area contributed by atoms with Crippen LogP contribution in [0.3, 0.4) is 0 Å². The van der Waals surface area contributed by atoms with Crippen LogP contribution in [-0.4, -0.2) is 52.8 Å². The summed E-state index contributed by atoms with van der Waals surface area (Å²) in [4.78, 5) is 29.2. The van der Waals surface area contributed by atoms with Gasteiger partial charge in [-0.25, -0.2) is 4.39 Å². The van der Waals surface area contributed by atoms with Crippen LogP contribution in [0.2, 0.25) is 0 Å². The van der Waals surface area contributed by atoms with E-state index in [1.807, 2.05) is 13.8 Å². The zero-order valence-electron chi connectivity index (χ0n) is 16.6. The fourth-order valence-corrected chi connectivity index (χ4v) is 3.67. The molecule has 6 heteroatoms. The second-order valence-corrected chi connectivity index (χ2v) is 6.91. The van der Waals surface area contributed by atoms with E-state index in [0.29, 0.717) is 12.1 Å². The Labute approximate surface area is 170 Å². The minimum Gasteiger partial charge on any atom is -0.507 e. The molecule has 5 nitrogen and oxygen atoms in total. The predicted molar refractivity (Wildman–Crippen MR) is 110 cm³/mol. The summed E-state index contributed by atoms with van der Waals surface area (Å²) in [5.74, 6) is -2.32. The molecule has 0 aliphatic carbocycles. The van der Waals surface area contributed by atoms with Crippen molar-refractivity contribution in [2.45, 2.75) is 19.9 Å². The molecule has 29 heavy (non-hydrogen) atoms. The van der Waals surface area contributed by atoms with Crippen LogP contribution in [0.4, 0.5) is 4.39 Å². The molecule has 2 aromatic carbocycles. The van der Waals surface area contributed by atoms with Gasteiger partial charge in [-0.3, -0.25) is 9.59 Å². The summed E-state index contributed by atoms with van der Waals surface area (Å²) in [6.45, 7) is 6.44. The average Bonchev–Trinajstić information content (AvgIpc) is 2.99. The highest BCUT2D eigenvalue weighted by atomic mass is 19.1. The number of nitrogens with zero attached hydrogens (tertiary/aromatic N) is 2. The summed E-state index contributed by atoms with van der Waals surface area (Å²) in [7, 11) is 0. The van der Waals surface area contributed by atoms with E-state index in [1.165, 1.54) is 11.0 Å². The standard InChI is InChI=1S/C23H25FN2O3/c1-3-25(4-2)14-15-26-20(17-12-8-9-13-18(17)24)19(22(28)23(26)29)21(27)16-10-6-5-7-11-16/h5-13,20,27H,3-4,14-15H2,1-2H3/b21-19-. The van der Waals surface area contributed by atoms with Gasteiger partial charge in [-0.15, -0.1) is 0 Å². The number of Topliss-reactive ketones (excluding diaryl/α,β-unsaturated/α-hetero) is 1. The zero-order chi connectivity index (χ0) is 21.0. The van der Waals surface area contributed by atoms with Crippen molar-refractivity contribution in [2.75, 3.05) is 26.2 Å². The second-order valence-electron chi connectivity index (χ2n) is 6.91. The van der Waals surface area contributed by atoms with Crippen molar-refractivity contribution in [3.63, 3.8) is 0 Å². The normalized spacial score (nSPS) is 18.6. The molecule has 1 fully saturated rings. The molecular formula is C23H25FN2O3. The molecule has 2 aromatic rings. The van der Waals surface area contributed by atoms with E-state index >= 15 is 0 Å². The lowest BCUT2D eigenvalue weighted by molar-refractivity contribution is -0.140. The summed E-state index contributed by atoms with van der Waals surface area (Å²) in [6, 6.07) is 13.6. The maximum absolute atomic E-state index is 14.7. The molecule has 0 bridgehead atoms. The van der Waals surface area contributed by atoms with Crippen LogP contribution in [0.5, 0.6) is 0 Å². The van der Waals surface area contributed by atoms with E-state index in [4.69, 9.17) is 0 Å². The van der Waals surface area contributed by atoms with Gasteiger partial charge in [0.15, 0.2) is 0 Å². The quantitative estimate of drug-likeness (QED) is 0.441. The Hall–Kier alpha value is -2.99. The number of hydrogen-bond acceptors (Lipinski definition) is 4. The number of ketones is 1. The van der Waals surface area contributed by atoms with Gasteiger partial charge in [0.25, 0.3) is 11.7 Å². The number of likely N-dealkylation sites (N-methyl/N-ethyl adjacent to an activating group) is 1. The zero-order valence-corrected chi connectivity index (χ0v) is 16.6. The molecule has 1 saturated heterocycles. The number of rotatable bonds is 7. The molecule has 3 rings (SSSR count). The highest BCUT2D eigenvalue weighted by Gasteiger charge is 2.46. The second kappa shape index (κ2) is 9.01. The number of aliphatic hydroxyl groups is 1. The highest BCUT2D eigenvalue weighted by molar-refractivity contribution is 6.46. The van der Waals surface area contributed by atoms with E-state index in [2.05, 4.69) is 4.90 Å². The number of amides is 1. The third-order valence-electron chi connectivity index (χ3n) is 5.34. The maximum Gasteiger partial charge on any atom is 0.295 e. The summed E-state index contributed by atoms with van der Waals surface area (Å²) < 4.78 is 14.7. The van der Waals surface area contributed by atoms with Gasteiger partial charge >= 0.3 is 0 Å². The third-order valence-corrected chi connectivity index (χ3v) is 5.34. The summed E-state index contributed by atoms with van der Waals surface area (Å²) >= 11 is 0. The van der Waals surface area contributed by atoms with Crippen molar-refractivity contribution < 1.29 is 19.1 Å². The molecule has 1 aliphatic rings. The molecule has 1 amide bonds. The van der Waals surface area contributed by atoms with E-state index < -0.39 is 23.5 Å². The first-order valence-electron chi connectivity index (χ1n) is 9.80. The lowest BCUT2D eigenvalue weighted by Crippen LogP contribution is -2.38. The fraction of sp³-hybridized carbons (Fsp3) is 0.304. The Kier molecular flexibility index (Phi) is 6.44. The van der Waals surface area contributed by atoms with Crippen LogP contribution in [-0.2, 0) is 9.59 Å². The highest BCUT2D eigenvalue weighted by Crippen LogP contribution is 2.40. The number of carbonyl (C=O) groups excluding carboxylic acids is 2. The van der Waals surface area contributed by atoms with Gasteiger partial charge in [0, 0.05) is 24.2 Å². The van der Waals surface area contributed by atoms with Gasteiger partial charge in [-0.1, -0.05) is 62.4 Å². The number of aliphatic hydroxyl groups excluding tert-OH is 1. The largest absolute Gasteiger partial charge is 0.507 e. The van der Waals surface area contributed by atoms with Gasteiger partial charge in [0.2, 0.25) is 0 Å². The Morgan fingerprint density at radius 3 is 2.28 bits per heavy atom. The first-order valence-corrected chi connectivity index (χ1v) is 9.80. The average molecular weight is 396 g/mol. The van der Waals surface area contributed by atoms with Crippen LogP contribution in [0, 0.1) is 5.82 Å². The molecule has 1 aliphatic heterocycles. The SMILES string of the molecule is CCN(CC)CCN1C(=O)C(=O)/C(=C(\O)c2ccccc2)C1c1ccccc1F. The molecule has 1 unspecified atom stereocenters. The van der Waals surface area contributed by atoms with Crippen molar-refractivity contribution in [1.29, 1.82) is 0 Å². The minimum atomic E-state index is -0.966. The number of carbonyl (C=O) groups is 2. The van der Waals surface area contributed by atoms with Gasteiger partial charge in [-0.2, -0.15) is 0 Å². The Bertz CT molecular complexity index is 923.